The van der Waals surface area contributed by atoms with Crippen LogP contribution in [0.3, 0.4) is 0 Å². The number of carbonyl (C=O) groups is 2. The number of nitrogens with one attached hydrogen (secondary N) is 1. The fraction of sp³-hybridized carbons (Fsp3) is 0.0833. The highest BCUT2D eigenvalue weighted by Crippen LogP contribution is 2.22. The molecule has 1 amide bonds. The Bertz CT molecular complexity index is 607. The van der Waals surface area contributed by atoms with Crippen LogP contribution < -0.4 is 5.32 Å². The summed E-state index contributed by atoms with van der Waals surface area (Å²) in [7, 11) is 0. The summed E-state index contributed by atoms with van der Waals surface area (Å²) in [6.45, 7) is 1.88. The van der Waals surface area contributed by atoms with Gasteiger partial charge in [0.2, 0.25) is 0 Å². The minimum atomic E-state index is -1.16. The highest BCUT2D eigenvalue weighted by atomic mass is 32.1. The Morgan fingerprint density at radius 2 is 2.00 bits per heavy atom. The topological polar surface area (TPSA) is 79.3 Å². The van der Waals surface area contributed by atoms with E-state index in [0.717, 1.165) is 10.6 Å². The molecule has 0 saturated heterocycles. The number of thiophene rings is 1. The molecule has 0 atom stereocenters. The molecule has 0 spiro atoms. The van der Waals surface area contributed by atoms with Crippen molar-refractivity contribution in [3.63, 3.8) is 0 Å². The third kappa shape index (κ3) is 2.54. The molecule has 2 aromatic heterocycles. The number of anilines is 1. The van der Waals surface area contributed by atoms with Crippen LogP contribution in [0.5, 0.6) is 0 Å². The summed E-state index contributed by atoms with van der Waals surface area (Å²) in [5, 5.41) is 14.1. The summed E-state index contributed by atoms with van der Waals surface area (Å²) in [6, 6.07) is 6.20. The molecule has 0 aliphatic carbocycles. The number of hydrogen-bond donors (Lipinski definition) is 2. The van der Waals surface area contributed by atoms with Gasteiger partial charge < -0.3 is 10.4 Å². The lowest BCUT2D eigenvalue weighted by atomic mass is 10.3. The third-order valence-electron chi connectivity index (χ3n) is 2.29. The van der Waals surface area contributed by atoms with Crippen LogP contribution in [0.1, 0.15) is 26.5 Å². The van der Waals surface area contributed by atoms with Gasteiger partial charge in [-0.1, -0.05) is 6.07 Å². The van der Waals surface area contributed by atoms with E-state index in [0.29, 0.717) is 0 Å². The predicted molar refractivity (Wildman–Crippen MR) is 68.2 cm³/mol. The first-order valence-corrected chi connectivity index (χ1v) is 6.01. The van der Waals surface area contributed by atoms with Crippen LogP contribution in [0.2, 0.25) is 0 Å². The van der Waals surface area contributed by atoms with Gasteiger partial charge in [-0.15, -0.1) is 11.3 Å². The van der Waals surface area contributed by atoms with Crippen molar-refractivity contribution in [2.24, 2.45) is 0 Å². The van der Waals surface area contributed by atoms with Crippen LogP contribution in [0.4, 0.5) is 5.00 Å². The molecule has 0 radical (unpaired) electrons. The number of aromatic carboxylic acids is 1. The van der Waals surface area contributed by atoms with Crippen molar-refractivity contribution in [2.45, 2.75) is 6.92 Å². The van der Waals surface area contributed by atoms with E-state index < -0.39 is 11.9 Å². The van der Waals surface area contributed by atoms with Crippen LogP contribution in [-0.4, -0.2) is 22.0 Å². The second-order valence-corrected chi connectivity index (χ2v) is 4.52. The molecular weight excluding hydrogens is 252 g/mol. The maximum Gasteiger partial charge on any atom is 0.354 e. The number of carbonyl (C=O) groups excluding carboxylic acids is 1. The van der Waals surface area contributed by atoms with Gasteiger partial charge in [-0.2, -0.15) is 0 Å². The first kappa shape index (κ1) is 12.3. The molecule has 2 aromatic rings. The van der Waals surface area contributed by atoms with E-state index in [2.05, 4.69) is 10.3 Å². The molecule has 2 heterocycles. The van der Waals surface area contributed by atoms with Crippen molar-refractivity contribution in [1.29, 1.82) is 0 Å². The lowest BCUT2D eigenvalue weighted by Gasteiger charge is -2.04. The molecule has 0 aliphatic rings. The first-order chi connectivity index (χ1) is 8.58. The number of nitrogens with zero attached hydrogens (tertiary/aromatic N) is 1. The number of amides is 1. The van der Waals surface area contributed by atoms with Gasteiger partial charge in [-0.05, 0) is 36.1 Å². The molecule has 92 valence electrons. The van der Waals surface area contributed by atoms with Crippen LogP contribution >= 0.6 is 11.3 Å². The van der Waals surface area contributed by atoms with Crippen LogP contribution in [0.15, 0.2) is 29.6 Å². The van der Waals surface area contributed by atoms with Crippen LogP contribution in [0.25, 0.3) is 0 Å². The number of aromatic nitrogens is 1. The predicted octanol–water partition coefficient (Wildman–Crippen LogP) is 2.40. The maximum absolute atomic E-state index is 11.9. The molecule has 0 saturated carbocycles. The highest BCUT2D eigenvalue weighted by Gasteiger charge is 2.12. The fourth-order valence-electron chi connectivity index (χ4n) is 1.35. The van der Waals surface area contributed by atoms with E-state index in [-0.39, 0.29) is 11.4 Å². The second kappa shape index (κ2) is 4.97. The maximum atomic E-state index is 11.9. The Hall–Kier alpha value is -2.21. The van der Waals surface area contributed by atoms with Crippen molar-refractivity contribution in [3.8, 4) is 0 Å². The van der Waals surface area contributed by atoms with E-state index in [1.807, 2.05) is 18.4 Å². The normalized spacial score (nSPS) is 10.1. The Morgan fingerprint density at radius 1 is 1.28 bits per heavy atom. The highest BCUT2D eigenvalue weighted by molar-refractivity contribution is 7.14. The SMILES string of the molecule is Cc1ccsc1NC(=O)c1cccc(C(=O)O)n1. The van der Waals surface area contributed by atoms with Gasteiger partial charge in [0.15, 0.2) is 0 Å². The fourth-order valence-corrected chi connectivity index (χ4v) is 2.16. The number of aryl methyl sites for hydroxylation is 1. The van der Waals surface area contributed by atoms with Gasteiger partial charge >= 0.3 is 5.97 Å². The molecule has 18 heavy (non-hydrogen) atoms. The number of rotatable bonds is 3. The largest absolute Gasteiger partial charge is 0.477 e. The molecule has 0 aromatic carbocycles. The molecule has 0 fully saturated rings. The average Bonchev–Trinajstić information content (AvgIpc) is 2.75. The molecule has 5 nitrogen and oxygen atoms in total. The van der Waals surface area contributed by atoms with E-state index in [4.69, 9.17) is 5.11 Å². The lowest BCUT2D eigenvalue weighted by Crippen LogP contribution is -2.15. The quantitative estimate of drug-likeness (QED) is 0.890. The van der Waals surface area contributed by atoms with Gasteiger partial charge in [-0.25, -0.2) is 9.78 Å². The Labute approximate surface area is 107 Å². The van der Waals surface area contributed by atoms with E-state index >= 15 is 0 Å². The standard InChI is InChI=1S/C12H10N2O3S/c1-7-5-6-18-11(7)14-10(15)8-3-2-4-9(13-8)12(16)17/h2-6H,1H3,(H,14,15)(H,16,17). The van der Waals surface area contributed by atoms with Gasteiger partial charge in [0.1, 0.15) is 11.4 Å². The Kier molecular flexibility index (Phi) is 3.38. The zero-order chi connectivity index (χ0) is 13.1. The minimum absolute atomic E-state index is 0.0858. The zero-order valence-corrected chi connectivity index (χ0v) is 10.3. The lowest BCUT2D eigenvalue weighted by molar-refractivity contribution is 0.0690. The zero-order valence-electron chi connectivity index (χ0n) is 9.51. The molecular formula is C12H10N2O3S. The van der Waals surface area contributed by atoms with Crippen molar-refractivity contribution in [2.75, 3.05) is 5.32 Å². The van der Waals surface area contributed by atoms with Crippen molar-refractivity contribution < 1.29 is 14.7 Å². The summed E-state index contributed by atoms with van der Waals surface area (Å²) < 4.78 is 0. The average molecular weight is 262 g/mol. The summed E-state index contributed by atoms with van der Waals surface area (Å²) in [6.07, 6.45) is 0. The number of carboxylic acid groups (broad SMARTS) is 1. The van der Waals surface area contributed by atoms with Crippen molar-refractivity contribution >= 4 is 28.2 Å². The Balaban J connectivity index is 2.21. The van der Waals surface area contributed by atoms with Crippen LogP contribution in [0, 0.1) is 6.92 Å². The second-order valence-electron chi connectivity index (χ2n) is 3.60. The number of hydrogen-bond acceptors (Lipinski definition) is 4. The summed E-state index contributed by atoms with van der Waals surface area (Å²) in [4.78, 5) is 26.4. The van der Waals surface area contributed by atoms with E-state index in [1.165, 1.54) is 29.5 Å². The minimum Gasteiger partial charge on any atom is -0.477 e. The van der Waals surface area contributed by atoms with Gasteiger partial charge in [0.25, 0.3) is 5.91 Å². The summed E-state index contributed by atoms with van der Waals surface area (Å²) in [5.41, 5.74) is 0.899. The molecule has 6 heteroatoms. The van der Waals surface area contributed by atoms with E-state index in [1.54, 1.807) is 0 Å². The monoisotopic (exact) mass is 262 g/mol. The van der Waals surface area contributed by atoms with Crippen LogP contribution in [-0.2, 0) is 0 Å². The van der Waals surface area contributed by atoms with Crippen molar-refractivity contribution in [1.82, 2.24) is 4.98 Å². The van der Waals surface area contributed by atoms with Crippen molar-refractivity contribution in [3.05, 3.63) is 46.6 Å². The van der Waals surface area contributed by atoms with Gasteiger partial charge in [0.05, 0.1) is 5.00 Å². The van der Waals surface area contributed by atoms with Gasteiger partial charge in [-0.3, -0.25) is 4.79 Å². The molecule has 0 bridgehead atoms. The first-order valence-electron chi connectivity index (χ1n) is 5.13. The smallest absolute Gasteiger partial charge is 0.354 e. The summed E-state index contributed by atoms with van der Waals surface area (Å²) >= 11 is 1.41. The van der Waals surface area contributed by atoms with Gasteiger partial charge in [0, 0.05) is 0 Å². The van der Waals surface area contributed by atoms with E-state index in [9.17, 15) is 9.59 Å². The molecule has 0 aliphatic heterocycles. The summed E-state index contributed by atoms with van der Waals surface area (Å²) in [5.74, 6) is -1.57. The molecule has 2 N–H and O–H groups in total. The third-order valence-corrected chi connectivity index (χ3v) is 3.22. The number of carboxylic acids is 1. The molecule has 0 unspecified atom stereocenters. The molecule has 2 rings (SSSR count). The number of pyridine rings is 1. The Morgan fingerprint density at radius 3 is 2.61 bits per heavy atom.